The Bertz CT molecular complexity index is 622. The summed E-state index contributed by atoms with van der Waals surface area (Å²) in [5.41, 5.74) is 3.70. The van der Waals surface area contributed by atoms with E-state index in [1.54, 1.807) is 7.05 Å². The van der Waals surface area contributed by atoms with Crippen LogP contribution in [0.5, 0.6) is 0 Å². The van der Waals surface area contributed by atoms with E-state index < -0.39 is 11.8 Å². The first-order valence-electron chi connectivity index (χ1n) is 6.96. The van der Waals surface area contributed by atoms with Gasteiger partial charge in [0.2, 0.25) is 0 Å². The third kappa shape index (κ3) is 2.96. The van der Waals surface area contributed by atoms with E-state index in [9.17, 15) is 14.4 Å². The second-order valence-corrected chi connectivity index (χ2v) is 5.63. The van der Waals surface area contributed by atoms with Gasteiger partial charge in [0.25, 0.3) is 0 Å². The topological polar surface area (TPSA) is 57.7 Å². The third-order valence-corrected chi connectivity index (χ3v) is 4.00. The number of hydrogen-bond acceptors (Lipinski definition) is 3. The second-order valence-electron chi connectivity index (χ2n) is 5.63. The number of carbonyl (C=O) groups excluding carboxylic acids is 3. The normalized spacial score (nSPS) is 15.6. The van der Waals surface area contributed by atoms with Gasteiger partial charge in [0.15, 0.2) is 5.78 Å². The number of rotatable bonds is 3. The number of likely N-dealkylation sites (N-methyl/N-ethyl adjacent to an activating group) is 1. The van der Waals surface area contributed by atoms with Crippen molar-refractivity contribution in [2.24, 2.45) is 0 Å². The van der Waals surface area contributed by atoms with Crippen molar-refractivity contribution in [2.75, 3.05) is 26.7 Å². The number of amides is 2. The van der Waals surface area contributed by atoms with Crippen molar-refractivity contribution < 1.29 is 14.4 Å². The van der Waals surface area contributed by atoms with Crippen LogP contribution in [0.2, 0.25) is 0 Å². The zero-order valence-corrected chi connectivity index (χ0v) is 12.9. The number of piperazine rings is 1. The van der Waals surface area contributed by atoms with Gasteiger partial charge in [0.1, 0.15) is 0 Å². The summed E-state index contributed by atoms with van der Waals surface area (Å²) in [6, 6.07) is 3.83. The number of aryl methyl sites for hydroxylation is 3. The Labute approximate surface area is 124 Å². The van der Waals surface area contributed by atoms with Crippen LogP contribution in [-0.4, -0.2) is 54.1 Å². The molecule has 2 rings (SSSR count). The van der Waals surface area contributed by atoms with Crippen LogP contribution >= 0.6 is 0 Å². The molecule has 1 aromatic rings. The molecule has 0 unspecified atom stereocenters. The third-order valence-electron chi connectivity index (χ3n) is 4.00. The molecule has 5 nitrogen and oxygen atoms in total. The molecule has 0 radical (unpaired) electrons. The van der Waals surface area contributed by atoms with E-state index in [4.69, 9.17) is 0 Å². The minimum atomic E-state index is -0.599. The van der Waals surface area contributed by atoms with Gasteiger partial charge in [-0.1, -0.05) is 6.07 Å². The average Bonchev–Trinajstić information content (AvgIpc) is 2.43. The van der Waals surface area contributed by atoms with Gasteiger partial charge in [0.05, 0.1) is 6.54 Å². The number of Topliss-reactive ketones (excluding diaryl/α,β-unsaturated/α-hetero) is 1. The molecule has 0 aliphatic carbocycles. The van der Waals surface area contributed by atoms with E-state index in [2.05, 4.69) is 0 Å². The molecular weight excluding hydrogens is 268 g/mol. The van der Waals surface area contributed by atoms with Crippen molar-refractivity contribution in [1.82, 2.24) is 9.80 Å². The van der Waals surface area contributed by atoms with Crippen LogP contribution in [-0.2, 0) is 9.59 Å². The second kappa shape index (κ2) is 5.68. The highest BCUT2D eigenvalue weighted by molar-refractivity contribution is 6.35. The van der Waals surface area contributed by atoms with Gasteiger partial charge in [-0.15, -0.1) is 0 Å². The molecule has 0 saturated carbocycles. The summed E-state index contributed by atoms with van der Waals surface area (Å²) in [5.74, 6) is -1.27. The molecule has 112 valence electrons. The number of hydrogen-bond donors (Lipinski definition) is 0. The van der Waals surface area contributed by atoms with Crippen molar-refractivity contribution in [1.29, 1.82) is 0 Å². The predicted octanol–water partition coefficient (Wildman–Crippen LogP) is 1.10. The molecule has 1 heterocycles. The molecule has 21 heavy (non-hydrogen) atoms. The van der Waals surface area contributed by atoms with Crippen LogP contribution in [0, 0.1) is 20.8 Å². The smallest absolute Gasteiger partial charge is 0.312 e. The van der Waals surface area contributed by atoms with E-state index in [1.807, 2.05) is 32.9 Å². The van der Waals surface area contributed by atoms with Gasteiger partial charge in [-0.2, -0.15) is 0 Å². The minimum Gasteiger partial charge on any atom is -0.336 e. The highest BCUT2D eigenvalue weighted by atomic mass is 16.2. The van der Waals surface area contributed by atoms with Crippen molar-refractivity contribution in [3.05, 3.63) is 34.4 Å². The van der Waals surface area contributed by atoms with E-state index in [-0.39, 0.29) is 12.3 Å². The lowest BCUT2D eigenvalue weighted by molar-refractivity contribution is -0.154. The Morgan fingerprint density at radius 2 is 1.62 bits per heavy atom. The average molecular weight is 288 g/mol. The SMILES string of the molecule is Cc1cc(C)c(C(=O)CN2CCN(C)C(=O)C2=O)cc1C. The first kappa shape index (κ1) is 15.2. The lowest BCUT2D eigenvalue weighted by atomic mass is 9.98. The largest absolute Gasteiger partial charge is 0.336 e. The van der Waals surface area contributed by atoms with Gasteiger partial charge in [-0.25, -0.2) is 0 Å². The molecule has 5 heteroatoms. The van der Waals surface area contributed by atoms with E-state index >= 15 is 0 Å². The molecule has 1 saturated heterocycles. The first-order valence-corrected chi connectivity index (χ1v) is 6.96. The van der Waals surface area contributed by atoms with Crippen LogP contribution in [0.15, 0.2) is 12.1 Å². The van der Waals surface area contributed by atoms with Gasteiger partial charge in [-0.05, 0) is 43.5 Å². The van der Waals surface area contributed by atoms with Crippen molar-refractivity contribution >= 4 is 17.6 Å². The van der Waals surface area contributed by atoms with Crippen molar-refractivity contribution in [3.63, 3.8) is 0 Å². The van der Waals surface area contributed by atoms with E-state index in [0.29, 0.717) is 18.7 Å². The zero-order chi connectivity index (χ0) is 15.7. The maximum atomic E-state index is 12.4. The van der Waals surface area contributed by atoms with Gasteiger partial charge in [-0.3, -0.25) is 14.4 Å². The van der Waals surface area contributed by atoms with Crippen LogP contribution in [0.1, 0.15) is 27.0 Å². The Hall–Kier alpha value is -2.17. The van der Waals surface area contributed by atoms with Crippen molar-refractivity contribution in [2.45, 2.75) is 20.8 Å². The first-order chi connectivity index (χ1) is 9.81. The molecular formula is C16H20N2O3. The molecule has 0 atom stereocenters. The Balaban J connectivity index is 2.17. The van der Waals surface area contributed by atoms with Crippen LogP contribution in [0.25, 0.3) is 0 Å². The molecule has 0 N–H and O–H groups in total. The van der Waals surface area contributed by atoms with Gasteiger partial charge >= 0.3 is 11.8 Å². The summed E-state index contributed by atoms with van der Waals surface area (Å²) in [7, 11) is 1.59. The molecule has 0 bridgehead atoms. The summed E-state index contributed by atoms with van der Waals surface area (Å²) in [4.78, 5) is 38.7. The molecule has 0 spiro atoms. The fourth-order valence-corrected chi connectivity index (χ4v) is 2.44. The number of ketones is 1. The van der Waals surface area contributed by atoms with Gasteiger partial charge in [0, 0.05) is 25.7 Å². The highest BCUT2D eigenvalue weighted by Gasteiger charge is 2.31. The Morgan fingerprint density at radius 3 is 2.29 bits per heavy atom. The zero-order valence-electron chi connectivity index (χ0n) is 12.9. The molecule has 1 aromatic carbocycles. The quantitative estimate of drug-likeness (QED) is 0.618. The van der Waals surface area contributed by atoms with E-state index in [1.165, 1.54) is 9.80 Å². The minimum absolute atomic E-state index is 0.0399. The van der Waals surface area contributed by atoms with Gasteiger partial charge < -0.3 is 9.80 Å². The molecule has 1 aliphatic heterocycles. The number of nitrogens with zero attached hydrogens (tertiary/aromatic N) is 2. The highest BCUT2D eigenvalue weighted by Crippen LogP contribution is 2.17. The maximum absolute atomic E-state index is 12.4. The maximum Gasteiger partial charge on any atom is 0.312 e. The van der Waals surface area contributed by atoms with Crippen LogP contribution in [0.3, 0.4) is 0 Å². The standard InChI is InChI=1S/C16H20N2O3/c1-10-7-12(3)13(8-11(10)2)14(19)9-18-6-5-17(4)15(20)16(18)21/h7-8H,5-6,9H2,1-4H3. The fraction of sp³-hybridized carbons (Fsp3) is 0.438. The summed E-state index contributed by atoms with van der Waals surface area (Å²) >= 11 is 0. The molecule has 1 fully saturated rings. The van der Waals surface area contributed by atoms with Crippen LogP contribution in [0.4, 0.5) is 0 Å². The summed E-state index contributed by atoms with van der Waals surface area (Å²) in [6.45, 7) is 6.66. The monoisotopic (exact) mass is 288 g/mol. The Kier molecular flexibility index (Phi) is 4.11. The van der Waals surface area contributed by atoms with E-state index in [0.717, 1.165) is 16.7 Å². The number of benzene rings is 1. The fourth-order valence-electron chi connectivity index (χ4n) is 2.44. The summed E-state index contributed by atoms with van der Waals surface area (Å²) < 4.78 is 0. The van der Waals surface area contributed by atoms with Crippen molar-refractivity contribution in [3.8, 4) is 0 Å². The van der Waals surface area contributed by atoms with Crippen LogP contribution < -0.4 is 0 Å². The Morgan fingerprint density at radius 1 is 1.00 bits per heavy atom. The lowest BCUT2D eigenvalue weighted by Gasteiger charge is -2.31. The molecule has 2 amide bonds. The number of carbonyl (C=O) groups is 3. The predicted molar refractivity (Wildman–Crippen MR) is 79.2 cm³/mol. The molecule has 1 aliphatic rings. The molecule has 0 aromatic heterocycles. The lowest BCUT2D eigenvalue weighted by Crippen LogP contribution is -2.54. The summed E-state index contributed by atoms with van der Waals surface area (Å²) in [6.07, 6.45) is 0. The summed E-state index contributed by atoms with van der Waals surface area (Å²) in [5, 5.41) is 0.